The highest BCUT2D eigenvalue weighted by molar-refractivity contribution is 7.85. The predicted molar refractivity (Wildman–Crippen MR) is 75.5 cm³/mol. The van der Waals surface area contributed by atoms with E-state index in [0.29, 0.717) is 18.3 Å². The van der Waals surface area contributed by atoms with E-state index in [2.05, 4.69) is 17.0 Å². The molecule has 0 spiro atoms. The molecule has 1 aromatic carbocycles. The lowest BCUT2D eigenvalue weighted by Crippen LogP contribution is -2.50. The number of nitrogens with zero attached hydrogens (tertiary/aromatic N) is 1. The van der Waals surface area contributed by atoms with Crippen molar-refractivity contribution in [1.82, 2.24) is 4.90 Å². The number of carbonyl (C=O) groups excluding carboxylic acids is 1. The van der Waals surface area contributed by atoms with E-state index in [4.69, 9.17) is 4.74 Å². The second kappa shape index (κ2) is 4.67. The molecule has 106 valence electrons. The van der Waals surface area contributed by atoms with Gasteiger partial charge in [0.2, 0.25) is 0 Å². The van der Waals surface area contributed by atoms with Crippen LogP contribution in [0.25, 0.3) is 0 Å². The Morgan fingerprint density at radius 3 is 2.75 bits per heavy atom. The minimum absolute atomic E-state index is 0.0997. The van der Waals surface area contributed by atoms with Crippen LogP contribution in [-0.2, 0) is 20.3 Å². The summed E-state index contributed by atoms with van der Waals surface area (Å²) in [7, 11) is -0.723. The third-order valence-corrected chi connectivity index (χ3v) is 6.28. The van der Waals surface area contributed by atoms with E-state index in [1.807, 2.05) is 18.2 Å². The quantitative estimate of drug-likeness (QED) is 0.727. The van der Waals surface area contributed by atoms with Gasteiger partial charge in [0.15, 0.2) is 0 Å². The average molecular weight is 291 g/mol. The molecule has 0 saturated carbocycles. The number of esters is 1. The van der Waals surface area contributed by atoms with Gasteiger partial charge in [-0.25, -0.2) is 0 Å². The van der Waals surface area contributed by atoms with Gasteiger partial charge in [0, 0.05) is 28.3 Å². The van der Waals surface area contributed by atoms with Crippen molar-refractivity contribution in [2.24, 2.45) is 5.92 Å². The Morgan fingerprint density at radius 2 is 1.95 bits per heavy atom. The first kappa shape index (κ1) is 12.5. The highest BCUT2D eigenvalue weighted by Gasteiger charge is 2.54. The number of benzene rings is 1. The zero-order valence-corrected chi connectivity index (χ0v) is 11.9. The molecule has 20 heavy (non-hydrogen) atoms. The summed E-state index contributed by atoms with van der Waals surface area (Å²) in [6.45, 7) is 0.412. The molecule has 3 fully saturated rings. The van der Waals surface area contributed by atoms with Gasteiger partial charge in [-0.05, 0) is 17.9 Å². The van der Waals surface area contributed by atoms with Crippen molar-refractivity contribution in [1.29, 1.82) is 0 Å². The molecule has 3 aliphatic rings. The van der Waals surface area contributed by atoms with Crippen molar-refractivity contribution in [3.63, 3.8) is 0 Å². The third-order valence-electron chi connectivity index (χ3n) is 4.77. The second-order valence-electron chi connectivity index (χ2n) is 5.86. The standard InChI is InChI=1S/C15H17NO3S/c17-15-12-6-11-8-20(18)9-14(11)16(12)13(7-19-15)10-4-2-1-3-5-10/h1-5,11-14H,6-9H2/t11-,12-,13+,14+,20-/m0/s1. The Kier molecular flexibility index (Phi) is 2.93. The summed E-state index contributed by atoms with van der Waals surface area (Å²) in [5, 5.41) is 0. The topological polar surface area (TPSA) is 46.6 Å². The number of hydrogen-bond acceptors (Lipinski definition) is 4. The zero-order valence-electron chi connectivity index (χ0n) is 11.1. The van der Waals surface area contributed by atoms with E-state index in [-0.39, 0.29) is 24.1 Å². The van der Waals surface area contributed by atoms with E-state index in [0.717, 1.165) is 12.2 Å². The number of hydrogen-bond donors (Lipinski definition) is 0. The Morgan fingerprint density at radius 1 is 1.15 bits per heavy atom. The Bertz CT molecular complexity index is 561. The minimum atomic E-state index is -0.723. The van der Waals surface area contributed by atoms with E-state index in [1.165, 1.54) is 5.56 Å². The van der Waals surface area contributed by atoms with Crippen molar-refractivity contribution >= 4 is 16.8 Å². The summed E-state index contributed by atoms with van der Waals surface area (Å²) in [4.78, 5) is 14.3. The van der Waals surface area contributed by atoms with Gasteiger partial charge in [0.05, 0.1) is 6.04 Å². The molecule has 0 aliphatic carbocycles. The van der Waals surface area contributed by atoms with Gasteiger partial charge in [-0.1, -0.05) is 30.3 Å². The Hall–Kier alpha value is -1.20. The van der Waals surface area contributed by atoms with Crippen molar-refractivity contribution in [3.05, 3.63) is 35.9 Å². The molecule has 5 heteroatoms. The van der Waals surface area contributed by atoms with Crippen LogP contribution in [0.1, 0.15) is 18.0 Å². The van der Waals surface area contributed by atoms with Crippen LogP contribution < -0.4 is 0 Å². The number of fused-ring (bicyclic) bond motifs is 3. The molecule has 1 aromatic rings. The fourth-order valence-corrected chi connectivity index (χ4v) is 5.69. The second-order valence-corrected chi connectivity index (χ2v) is 7.40. The molecule has 3 saturated heterocycles. The number of morpholine rings is 1. The largest absolute Gasteiger partial charge is 0.462 e. The Labute approximate surface area is 120 Å². The molecule has 5 atom stereocenters. The van der Waals surface area contributed by atoms with Crippen molar-refractivity contribution in [2.45, 2.75) is 24.5 Å². The van der Waals surface area contributed by atoms with Crippen LogP contribution >= 0.6 is 0 Å². The molecule has 0 N–H and O–H groups in total. The lowest BCUT2D eigenvalue weighted by Gasteiger charge is -2.39. The highest BCUT2D eigenvalue weighted by atomic mass is 32.2. The molecule has 3 aliphatic heterocycles. The molecule has 0 bridgehead atoms. The maximum atomic E-state index is 12.0. The van der Waals surface area contributed by atoms with Gasteiger partial charge in [-0.15, -0.1) is 0 Å². The fourth-order valence-electron chi connectivity index (χ4n) is 3.89. The van der Waals surface area contributed by atoms with Gasteiger partial charge in [-0.2, -0.15) is 0 Å². The summed E-state index contributed by atoms with van der Waals surface area (Å²) in [5.74, 6) is 1.74. The van der Waals surface area contributed by atoms with Crippen LogP contribution in [-0.4, -0.2) is 45.3 Å². The SMILES string of the molecule is O=C1OC[C@H](c2ccccc2)N2[C@@H]3C[S@@](=O)C[C@@H]3C[C@@H]12. The fraction of sp³-hybridized carbons (Fsp3) is 0.533. The van der Waals surface area contributed by atoms with E-state index >= 15 is 0 Å². The molecule has 0 unspecified atom stereocenters. The molecule has 0 aromatic heterocycles. The molecule has 4 nitrogen and oxygen atoms in total. The van der Waals surface area contributed by atoms with Gasteiger partial charge in [-0.3, -0.25) is 13.9 Å². The first-order valence-corrected chi connectivity index (χ1v) is 8.57. The molecular weight excluding hydrogens is 274 g/mol. The third kappa shape index (κ3) is 1.84. The minimum Gasteiger partial charge on any atom is -0.462 e. The molecular formula is C15H17NO3S. The van der Waals surface area contributed by atoms with Crippen molar-refractivity contribution < 1.29 is 13.7 Å². The summed E-state index contributed by atoms with van der Waals surface area (Å²) < 4.78 is 17.2. The average Bonchev–Trinajstić information content (AvgIpc) is 2.97. The van der Waals surface area contributed by atoms with Gasteiger partial charge < -0.3 is 4.74 Å². The smallest absolute Gasteiger partial charge is 0.323 e. The molecule has 0 radical (unpaired) electrons. The lowest BCUT2D eigenvalue weighted by atomic mass is 10.0. The van der Waals surface area contributed by atoms with E-state index < -0.39 is 10.8 Å². The van der Waals surface area contributed by atoms with Crippen molar-refractivity contribution in [2.75, 3.05) is 18.1 Å². The highest BCUT2D eigenvalue weighted by Crippen LogP contribution is 2.43. The maximum Gasteiger partial charge on any atom is 0.323 e. The van der Waals surface area contributed by atoms with E-state index in [1.54, 1.807) is 0 Å². The molecule has 4 rings (SSSR count). The van der Waals surface area contributed by atoms with Gasteiger partial charge in [0.1, 0.15) is 12.6 Å². The maximum absolute atomic E-state index is 12.0. The molecule has 3 heterocycles. The van der Waals surface area contributed by atoms with Crippen LogP contribution in [0.3, 0.4) is 0 Å². The number of cyclic esters (lactones) is 1. The van der Waals surface area contributed by atoms with Gasteiger partial charge in [0.25, 0.3) is 0 Å². The predicted octanol–water partition coefficient (Wildman–Crippen LogP) is 1.11. The normalized spacial score (nSPS) is 40.2. The Balaban J connectivity index is 1.70. The van der Waals surface area contributed by atoms with Crippen LogP contribution in [0.15, 0.2) is 30.3 Å². The van der Waals surface area contributed by atoms with E-state index in [9.17, 15) is 9.00 Å². The van der Waals surface area contributed by atoms with Crippen molar-refractivity contribution in [3.8, 4) is 0 Å². The molecule has 0 amide bonds. The van der Waals surface area contributed by atoms with Crippen LogP contribution in [0.2, 0.25) is 0 Å². The monoisotopic (exact) mass is 291 g/mol. The van der Waals surface area contributed by atoms with Crippen LogP contribution in [0.4, 0.5) is 0 Å². The van der Waals surface area contributed by atoms with Crippen LogP contribution in [0, 0.1) is 5.92 Å². The summed E-state index contributed by atoms with van der Waals surface area (Å²) in [6.07, 6.45) is 0.804. The number of ether oxygens (including phenoxy) is 1. The first-order chi connectivity index (χ1) is 9.74. The first-order valence-electron chi connectivity index (χ1n) is 7.08. The number of rotatable bonds is 1. The zero-order chi connectivity index (χ0) is 13.7. The van der Waals surface area contributed by atoms with Crippen LogP contribution in [0.5, 0.6) is 0 Å². The summed E-state index contributed by atoms with van der Waals surface area (Å²) in [6, 6.07) is 10.4. The summed E-state index contributed by atoms with van der Waals surface area (Å²) >= 11 is 0. The lowest BCUT2D eigenvalue weighted by molar-refractivity contribution is -0.161. The summed E-state index contributed by atoms with van der Waals surface area (Å²) in [5.41, 5.74) is 1.18. The van der Waals surface area contributed by atoms with Gasteiger partial charge >= 0.3 is 5.97 Å². The number of carbonyl (C=O) groups is 1.